The number of benzene rings is 1. The Kier molecular flexibility index (Phi) is 4.79. The molecule has 0 atom stereocenters. The molecule has 2 aromatic rings. The highest BCUT2D eigenvalue weighted by Gasteiger charge is 2.10. The average molecular weight is 274 g/mol. The zero-order chi connectivity index (χ0) is 14.4. The number of hydrogen-bond acceptors (Lipinski definition) is 5. The lowest BCUT2D eigenvalue weighted by Gasteiger charge is -2.12. The predicted molar refractivity (Wildman–Crippen MR) is 76.0 cm³/mol. The summed E-state index contributed by atoms with van der Waals surface area (Å²) in [6.07, 6.45) is 3.53. The van der Waals surface area contributed by atoms with Crippen LogP contribution in [0.5, 0.6) is 17.2 Å². The van der Waals surface area contributed by atoms with Gasteiger partial charge in [0, 0.05) is 25.5 Å². The summed E-state index contributed by atoms with van der Waals surface area (Å²) in [5, 5.41) is 13.2. The van der Waals surface area contributed by atoms with Crippen LogP contribution in [-0.2, 0) is 13.1 Å². The molecular weight excluding hydrogens is 256 g/mol. The van der Waals surface area contributed by atoms with Crippen molar-refractivity contribution in [1.82, 2.24) is 10.3 Å². The highest BCUT2D eigenvalue weighted by Crippen LogP contribution is 2.36. The standard InChI is InChI=1S/C15H18N2O3/c1-19-13-7-12(8-14(20-2)15(13)18)10-17-9-11-3-5-16-6-4-11/h3-8,17-18H,9-10H2,1-2H3. The Morgan fingerprint density at radius 2 is 1.55 bits per heavy atom. The van der Waals surface area contributed by atoms with E-state index in [0.717, 1.165) is 17.7 Å². The fraction of sp³-hybridized carbons (Fsp3) is 0.267. The number of phenols is 1. The number of aromatic nitrogens is 1. The molecule has 1 aromatic heterocycles. The second-order valence-electron chi connectivity index (χ2n) is 4.31. The second-order valence-corrected chi connectivity index (χ2v) is 4.31. The topological polar surface area (TPSA) is 63.6 Å². The fourth-order valence-electron chi connectivity index (χ4n) is 1.90. The first kappa shape index (κ1) is 14.1. The van der Waals surface area contributed by atoms with Gasteiger partial charge in [-0.25, -0.2) is 0 Å². The Morgan fingerprint density at radius 1 is 1.00 bits per heavy atom. The zero-order valence-corrected chi connectivity index (χ0v) is 11.6. The lowest BCUT2D eigenvalue weighted by molar-refractivity contribution is 0.339. The smallest absolute Gasteiger partial charge is 0.200 e. The largest absolute Gasteiger partial charge is 0.502 e. The molecule has 0 fully saturated rings. The number of phenolic OH excluding ortho intramolecular Hbond substituents is 1. The predicted octanol–water partition coefficient (Wildman–Crippen LogP) is 2.09. The quantitative estimate of drug-likeness (QED) is 0.844. The van der Waals surface area contributed by atoms with Gasteiger partial charge in [-0.3, -0.25) is 4.98 Å². The van der Waals surface area contributed by atoms with Gasteiger partial charge >= 0.3 is 0 Å². The molecule has 1 heterocycles. The Hall–Kier alpha value is -2.27. The van der Waals surface area contributed by atoms with Gasteiger partial charge < -0.3 is 19.9 Å². The van der Waals surface area contributed by atoms with Crippen molar-refractivity contribution in [3.63, 3.8) is 0 Å². The van der Waals surface area contributed by atoms with E-state index in [-0.39, 0.29) is 5.75 Å². The highest BCUT2D eigenvalue weighted by molar-refractivity contribution is 5.52. The molecule has 0 amide bonds. The Balaban J connectivity index is 2.02. The molecule has 0 aliphatic rings. The molecule has 2 N–H and O–H groups in total. The van der Waals surface area contributed by atoms with Crippen molar-refractivity contribution in [2.75, 3.05) is 14.2 Å². The molecular formula is C15H18N2O3. The van der Waals surface area contributed by atoms with E-state index in [4.69, 9.17) is 9.47 Å². The SMILES string of the molecule is COc1cc(CNCc2ccncc2)cc(OC)c1O. The van der Waals surface area contributed by atoms with Crippen LogP contribution in [0.4, 0.5) is 0 Å². The minimum Gasteiger partial charge on any atom is -0.502 e. The van der Waals surface area contributed by atoms with Crippen LogP contribution in [0.15, 0.2) is 36.7 Å². The van der Waals surface area contributed by atoms with Crippen molar-refractivity contribution in [2.24, 2.45) is 0 Å². The van der Waals surface area contributed by atoms with E-state index in [9.17, 15) is 5.11 Å². The van der Waals surface area contributed by atoms with Crippen molar-refractivity contribution in [1.29, 1.82) is 0 Å². The number of nitrogens with zero attached hydrogens (tertiary/aromatic N) is 1. The minimum absolute atomic E-state index is 0.0212. The molecule has 1 aromatic carbocycles. The Labute approximate surface area is 118 Å². The summed E-state index contributed by atoms with van der Waals surface area (Å²) >= 11 is 0. The molecule has 0 unspecified atom stereocenters. The van der Waals surface area contributed by atoms with Gasteiger partial charge in [-0.15, -0.1) is 0 Å². The van der Waals surface area contributed by atoms with E-state index in [1.165, 1.54) is 14.2 Å². The van der Waals surface area contributed by atoms with Crippen LogP contribution in [0, 0.1) is 0 Å². The van der Waals surface area contributed by atoms with Crippen molar-refractivity contribution < 1.29 is 14.6 Å². The van der Waals surface area contributed by atoms with Gasteiger partial charge in [0.05, 0.1) is 14.2 Å². The van der Waals surface area contributed by atoms with Crippen LogP contribution in [0.2, 0.25) is 0 Å². The molecule has 0 radical (unpaired) electrons. The summed E-state index contributed by atoms with van der Waals surface area (Å²) in [5.41, 5.74) is 2.14. The number of nitrogens with one attached hydrogen (secondary N) is 1. The van der Waals surface area contributed by atoms with E-state index in [0.29, 0.717) is 18.0 Å². The molecule has 0 aliphatic carbocycles. The van der Waals surface area contributed by atoms with Crippen LogP contribution in [0.25, 0.3) is 0 Å². The maximum absolute atomic E-state index is 9.84. The number of ether oxygens (including phenoxy) is 2. The summed E-state index contributed by atoms with van der Waals surface area (Å²) < 4.78 is 10.3. The third-order valence-corrected chi connectivity index (χ3v) is 2.95. The van der Waals surface area contributed by atoms with E-state index < -0.39 is 0 Å². The lowest BCUT2D eigenvalue weighted by Crippen LogP contribution is -2.12. The van der Waals surface area contributed by atoms with Gasteiger partial charge in [-0.2, -0.15) is 0 Å². The second kappa shape index (κ2) is 6.77. The summed E-state index contributed by atoms with van der Waals surface area (Å²) in [7, 11) is 3.03. The van der Waals surface area contributed by atoms with Crippen molar-refractivity contribution in [2.45, 2.75) is 13.1 Å². The maximum Gasteiger partial charge on any atom is 0.200 e. The highest BCUT2D eigenvalue weighted by atomic mass is 16.5. The molecule has 0 saturated heterocycles. The molecule has 0 aliphatic heterocycles. The summed E-state index contributed by atoms with van der Waals surface area (Å²) in [6.45, 7) is 1.39. The third-order valence-electron chi connectivity index (χ3n) is 2.95. The monoisotopic (exact) mass is 274 g/mol. The molecule has 0 spiro atoms. The van der Waals surface area contributed by atoms with Gasteiger partial charge in [0.2, 0.25) is 5.75 Å². The van der Waals surface area contributed by atoms with Gasteiger partial charge in [-0.1, -0.05) is 0 Å². The van der Waals surface area contributed by atoms with Crippen LogP contribution in [-0.4, -0.2) is 24.3 Å². The van der Waals surface area contributed by atoms with Crippen LogP contribution in [0.1, 0.15) is 11.1 Å². The Morgan fingerprint density at radius 3 is 2.10 bits per heavy atom. The molecule has 106 valence electrons. The zero-order valence-electron chi connectivity index (χ0n) is 11.6. The van der Waals surface area contributed by atoms with Crippen LogP contribution < -0.4 is 14.8 Å². The summed E-state index contributed by atoms with van der Waals surface area (Å²) in [5.74, 6) is 0.836. The van der Waals surface area contributed by atoms with Gasteiger partial charge in [0.25, 0.3) is 0 Å². The van der Waals surface area contributed by atoms with Gasteiger partial charge in [-0.05, 0) is 35.4 Å². The van der Waals surface area contributed by atoms with E-state index in [2.05, 4.69) is 10.3 Å². The first-order valence-electron chi connectivity index (χ1n) is 6.28. The van der Waals surface area contributed by atoms with E-state index in [1.807, 2.05) is 12.1 Å². The first-order valence-corrected chi connectivity index (χ1v) is 6.28. The number of rotatable bonds is 6. The molecule has 0 saturated carbocycles. The lowest BCUT2D eigenvalue weighted by atomic mass is 10.1. The van der Waals surface area contributed by atoms with Gasteiger partial charge in [0.1, 0.15) is 0 Å². The minimum atomic E-state index is 0.0212. The average Bonchev–Trinajstić information content (AvgIpc) is 2.49. The fourth-order valence-corrected chi connectivity index (χ4v) is 1.90. The summed E-state index contributed by atoms with van der Waals surface area (Å²) in [4.78, 5) is 3.98. The molecule has 5 nitrogen and oxygen atoms in total. The van der Waals surface area contributed by atoms with Gasteiger partial charge in [0.15, 0.2) is 11.5 Å². The number of methoxy groups -OCH3 is 2. The van der Waals surface area contributed by atoms with Crippen molar-refractivity contribution in [3.8, 4) is 17.2 Å². The van der Waals surface area contributed by atoms with E-state index in [1.54, 1.807) is 24.5 Å². The first-order chi connectivity index (χ1) is 9.74. The summed E-state index contributed by atoms with van der Waals surface area (Å²) in [6, 6.07) is 7.50. The molecule has 0 bridgehead atoms. The van der Waals surface area contributed by atoms with Crippen molar-refractivity contribution in [3.05, 3.63) is 47.8 Å². The number of hydrogen-bond donors (Lipinski definition) is 2. The van der Waals surface area contributed by atoms with Crippen LogP contribution >= 0.6 is 0 Å². The number of pyridine rings is 1. The Bertz CT molecular complexity index is 533. The maximum atomic E-state index is 9.84. The van der Waals surface area contributed by atoms with Crippen LogP contribution in [0.3, 0.4) is 0 Å². The third kappa shape index (κ3) is 3.39. The molecule has 2 rings (SSSR count). The van der Waals surface area contributed by atoms with E-state index >= 15 is 0 Å². The molecule has 5 heteroatoms. The number of aromatic hydroxyl groups is 1. The van der Waals surface area contributed by atoms with Crippen molar-refractivity contribution >= 4 is 0 Å². The molecule has 20 heavy (non-hydrogen) atoms. The normalized spacial score (nSPS) is 10.3.